The van der Waals surface area contributed by atoms with Crippen molar-refractivity contribution in [1.82, 2.24) is 0 Å². The van der Waals surface area contributed by atoms with E-state index in [1.165, 1.54) is 11.1 Å². The van der Waals surface area contributed by atoms with E-state index in [0.29, 0.717) is 5.88 Å². The molecular formula is C11H12ClNO. The minimum Gasteiger partial charge on any atom is -0.391 e. The van der Waals surface area contributed by atoms with E-state index < -0.39 is 0 Å². The Morgan fingerprint density at radius 1 is 1.50 bits per heavy atom. The van der Waals surface area contributed by atoms with Crippen LogP contribution in [0.2, 0.25) is 0 Å². The molecule has 1 aliphatic rings. The summed E-state index contributed by atoms with van der Waals surface area (Å²) in [5.74, 6) is 0.499. The zero-order valence-corrected chi connectivity index (χ0v) is 8.79. The summed E-state index contributed by atoms with van der Waals surface area (Å²) in [5, 5.41) is 4.05. The van der Waals surface area contributed by atoms with E-state index >= 15 is 0 Å². The average molecular weight is 210 g/mol. The molecule has 74 valence electrons. The number of benzene rings is 1. The van der Waals surface area contributed by atoms with Gasteiger partial charge in [0.05, 0.1) is 11.6 Å². The number of nitrogens with zero attached hydrogens (tertiary/aromatic N) is 1. The van der Waals surface area contributed by atoms with Crippen LogP contribution in [0.15, 0.2) is 29.4 Å². The van der Waals surface area contributed by atoms with Crippen molar-refractivity contribution in [2.45, 2.75) is 19.4 Å². The molecule has 0 spiro atoms. The topological polar surface area (TPSA) is 21.6 Å². The van der Waals surface area contributed by atoms with Crippen LogP contribution in [0.5, 0.6) is 0 Å². The second kappa shape index (κ2) is 4.01. The number of rotatable bonds is 2. The van der Waals surface area contributed by atoms with Gasteiger partial charge in [-0.25, -0.2) is 0 Å². The summed E-state index contributed by atoms with van der Waals surface area (Å²) in [6.45, 7) is 2.08. The first-order valence-electron chi connectivity index (χ1n) is 4.66. The Kier molecular flexibility index (Phi) is 2.73. The summed E-state index contributed by atoms with van der Waals surface area (Å²) in [4.78, 5) is 5.18. The molecule has 1 atom stereocenters. The lowest BCUT2D eigenvalue weighted by Crippen LogP contribution is -2.10. The molecule has 14 heavy (non-hydrogen) atoms. The van der Waals surface area contributed by atoms with Crippen LogP contribution in [-0.2, 0) is 4.84 Å². The number of halogens is 1. The molecule has 0 fully saturated rings. The largest absolute Gasteiger partial charge is 0.391 e. The molecule has 3 heteroatoms. The molecule has 0 amide bonds. The predicted octanol–water partition coefficient (Wildman–Crippen LogP) is 2.73. The van der Waals surface area contributed by atoms with E-state index in [2.05, 4.69) is 24.2 Å². The van der Waals surface area contributed by atoms with Crippen LogP contribution in [0.1, 0.15) is 17.5 Å². The second-order valence-corrected chi connectivity index (χ2v) is 3.75. The van der Waals surface area contributed by atoms with Crippen molar-refractivity contribution < 1.29 is 4.84 Å². The fourth-order valence-electron chi connectivity index (χ4n) is 1.57. The summed E-state index contributed by atoms with van der Waals surface area (Å²) in [7, 11) is 0. The number of hydrogen-bond acceptors (Lipinski definition) is 2. The molecule has 1 aromatic rings. The van der Waals surface area contributed by atoms with E-state index in [1.807, 2.05) is 12.1 Å². The summed E-state index contributed by atoms with van der Waals surface area (Å²) in [6, 6.07) is 8.17. The number of alkyl halides is 1. The molecule has 0 aliphatic carbocycles. The van der Waals surface area contributed by atoms with Crippen LogP contribution in [0.25, 0.3) is 0 Å². The highest BCUT2D eigenvalue weighted by atomic mass is 35.5. The normalized spacial score (nSPS) is 20.4. The minimum absolute atomic E-state index is 0.0475. The van der Waals surface area contributed by atoms with Crippen molar-refractivity contribution in [3.05, 3.63) is 35.4 Å². The van der Waals surface area contributed by atoms with E-state index in [0.717, 1.165) is 12.1 Å². The molecule has 1 aromatic carbocycles. The van der Waals surface area contributed by atoms with Crippen molar-refractivity contribution in [1.29, 1.82) is 0 Å². The zero-order valence-electron chi connectivity index (χ0n) is 8.03. The van der Waals surface area contributed by atoms with Gasteiger partial charge in [0.2, 0.25) is 0 Å². The lowest BCUT2D eigenvalue weighted by atomic mass is 10.0. The minimum atomic E-state index is 0.0475. The second-order valence-electron chi connectivity index (χ2n) is 3.44. The third kappa shape index (κ3) is 1.75. The molecule has 1 unspecified atom stereocenters. The van der Waals surface area contributed by atoms with Gasteiger partial charge in [-0.05, 0) is 12.5 Å². The molecule has 1 aliphatic heterocycles. The van der Waals surface area contributed by atoms with Crippen molar-refractivity contribution in [3.63, 3.8) is 0 Å². The Balaban J connectivity index is 2.22. The Labute approximate surface area is 88.5 Å². The Bertz CT molecular complexity index is 362. The number of hydrogen-bond donors (Lipinski definition) is 0. The van der Waals surface area contributed by atoms with Crippen molar-refractivity contribution in [3.8, 4) is 0 Å². The van der Waals surface area contributed by atoms with Gasteiger partial charge in [-0.1, -0.05) is 29.4 Å². The van der Waals surface area contributed by atoms with Gasteiger partial charge in [0.1, 0.15) is 6.10 Å². The molecule has 2 rings (SSSR count). The van der Waals surface area contributed by atoms with Gasteiger partial charge in [0.15, 0.2) is 0 Å². The summed E-state index contributed by atoms with van der Waals surface area (Å²) in [6.07, 6.45) is 0.861. The molecule has 0 aromatic heterocycles. The first-order valence-corrected chi connectivity index (χ1v) is 5.19. The first-order chi connectivity index (χ1) is 6.81. The van der Waals surface area contributed by atoms with Crippen LogP contribution in [-0.4, -0.2) is 17.7 Å². The van der Waals surface area contributed by atoms with Gasteiger partial charge < -0.3 is 4.84 Å². The van der Waals surface area contributed by atoms with Crippen molar-refractivity contribution >= 4 is 17.3 Å². The van der Waals surface area contributed by atoms with E-state index in [-0.39, 0.29) is 6.10 Å². The highest BCUT2D eigenvalue weighted by molar-refractivity contribution is 6.18. The highest BCUT2D eigenvalue weighted by Crippen LogP contribution is 2.19. The highest BCUT2D eigenvalue weighted by Gasteiger charge is 2.21. The molecular weight excluding hydrogens is 198 g/mol. The van der Waals surface area contributed by atoms with Crippen LogP contribution in [0.3, 0.4) is 0 Å². The van der Waals surface area contributed by atoms with Gasteiger partial charge in [0.25, 0.3) is 0 Å². The van der Waals surface area contributed by atoms with Crippen molar-refractivity contribution in [2.75, 3.05) is 5.88 Å². The Morgan fingerprint density at radius 2 is 2.29 bits per heavy atom. The quantitative estimate of drug-likeness (QED) is 0.687. The SMILES string of the molecule is Cc1ccccc1C1=NOC(CCl)C1. The summed E-state index contributed by atoms with van der Waals surface area (Å²) >= 11 is 5.70. The maximum atomic E-state index is 5.70. The monoisotopic (exact) mass is 209 g/mol. The molecule has 2 nitrogen and oxygen atoms in total. The molecule has 0 radical (unpaired) electrons. The zero-order chi connectivity index (χ0) is 9.97. The fraction of sp³-hybridized carbons (Fsp3) is 0.364. The summed E-state index contributed by atoms with van der Waals surface area (Å²) in [5.41, 5.74) is 3.40. The van der Waals surface area contributed by atoms with Crippen LogP contribution < -0.4 is 0 Å². The van der Waals surface area contributed by atoms with Gasteiger partial charge in [-0.3, -0.25) is 0 Å². The predicted molar refractivity (Wildman–Crippen MR) is 57.9 cm³/mol. The van der Waals surface area contributed by atoms with Gasteiger partial charge in [-0.2, -0.15) is 0 Å². The number of aryl methyl sites for hydroxylation is 1. The van der Waals surface area contributed by atoms with Gasteiger partial charge in [0, 0.05) is 12.0 Å². The molecule has 0 saturated carbocycles. The standard InChI is InChI=1S/C11H12ClNO/c1-8-4-2-3-5-10(8)11-6-9(7-12)14-13-11/h2-5,9H,6-7H2,1H3. The van der Waals surface area contributed by atoms with E-state index in [4.69, 9.17) is 16.4 Å². The lowest BCUT2D eigenvalue weighted by molar-refractivity contribution is 0.102. The van der Waals surface area contributed by atoms with Gasteiger partial charge >= 0.3 is 0 Å². The molecule has 0 bridgehead atoms. The van der Waals surface area contributed by atoms with Crippen LogP contribution in [0.4, 0.5) is 0 Å². The summed E-state index contributed by atoms with van der Waals surface area (Å²) < 4.78 is 0. The molecule has 1 heterocycles. The van der Waals surface area contributed by atoms with Gasteiger partial charge in [-0.15, -0.1) is 11.6 Å². The smallest absolute Gasteiger partial charge is 0.146 e. The van der Waals surface area contributed by atoms with Crippen molar-refractivity contribution in [2.24, 2.45) is 5.16 Å². The average Bonchev–Trinajstić information content (AvgIpc) is 2.67. The maximum absolute atomic E-state index is 5.70. The third-order valence-electron chi connectivity index (χ3n) is 2.36. The molecule has 0 N–H and O–H groups in total. The Morgan fingerprint density at radius 3 is 2.93 bits per heavy atom. The van der Waals surface area contributed by atoms with E-state index in [9.17, 15) is 0 Å². The van der Waals surface area contributed by atoms with Crippen LogP contribution >= 0.6 is 11.6 Å². The first kappa shape index (κ1) is 9.53. The maximum Gasteiger partial charge on any atom is 0.146 e. The number of oxime groups is 1. The fourth-order valence-corrected chi connectivity index (χ4v) is 1.73. The molecule has 0 saturated heterocycles. The van der Waals surface area contributed by atoms with Crippen LogP contribution in [0, 0.1) is 6.92 Å². The lowest BCUT2D eigenvalue weighted by Gasteiger charge is -2.03. The third-order valence-corrected chi connectivity index (χ3v) is 2.71. The van der Waals surface area contributed by atoms with E-state index in [1.54, 1.807) is 0 Å². The Hall–Kier alpha value is -1.02.